The normalized spacial score (nSPS) is 11.5. The summed E-state index contributed by atoms with van der Waals surface area (Å²) >= 11 is 0. The van der Waals surface area contributed by atoms with Crippen LogP contribution in [-0.2, 0) is 10.9 Å². The fourth-order valence-electron chi connectivity index (χ4n) is 2.76. The third-order valence-electron chi connectivity index (χ3n) is 4.14. The zero-order valence-corrected chi connectivity index (χ0v) is 15.4. The van der Waals surface area contributed by atoms with Gasteiger partial charge < -0.3 is 10.1 Å². The van der Waals surface area contributed by atoms with Gasteiger partial charge in [-0.25, -0.2) is 19.3 Å². The number of esters is 1. The number of anilines is 2. The summed E-state index contributed by atoms with van der Waals surface area (Å²) in [6, 6.07) is 8.46. The minimum Gasteiger partial charge on any atom is -0.465 e. The molecule has 0 aromatic carbocycles. The van der Waals surface area contributed by atoms with Crippen LogP contribution in [0, 0.1) is 0 Å². The largest absolute Gasteiger partial charge is 0.465 e. The Balaban J connectivity index is 1.82. The monoisotopic (exact) mass is 414 g/mol. The molecule has 0 saturated heterocycles. The van der Waals surface area contributed by atoms with Crippen molar-refractivity contribution >= 4 is 23.0 Å². The Morgan fingerprint density at radius 2 is 1.97 bits per heavy atom. The van der Waals surface area contributed by atoms with Crippen LogP contribution < -0.4 is 5.32 Å². The number of halogens is 3. The van der Waals surface area contributed by atoms with Crippen molar-refractivity contribution in [2.45, 2.75) is 6.18 Å². The summed E-state index contributed by atoms with van der Waals surface area (Å²) in [6.07, 6.45) is -0.172. The molecule has 0 radical (unpaired) electrons. The number of ether oxygens (including phenoxy) is 1. The van der Waals surface area contributed by atoms with E-state index in [9.17, 15) is 18.0 Å². The molecule has 0 unspecified atom stereocenters. The maximum atomic E-state index is 13.0. The average molecular weight is 414 g/mol. The lowest BCUT2D eigenvalue weighted by atomic mass is 10.2. The number of nitrogens with zero attached hydrogens (tertiary/aromatic N) is 5. The maximum Gasteiger partial charge on any atom is 0.433 e. The van der Waals surface area contributed by atoms with Crippen LogP contribution in [0.2, 0.25) is 0 Å². The summed E-state index contributed by atoms with van der Waals surface area (Å²) in [5, 5.41) is 7.25. The van der Waals surface area contributed by atoms with E-state index in [0.29, 0.717) is 11.2 Å². The summed E-state index contributed by atoms with van der Waals surface area (Å²) in [6.45, 7) is 0. The molecule has 4 aromatic heterocycles. The van der Waals surface area contributed by atoms with Crippen molar-refractivity contribution < 1.29 is 22.7 Å². The topological polar surface area (TPSA) is 94.3 Å². The Hall–Kier alpha value is -4.02. The van der Waals surface area contributed by atoms with Gasteiger partial charge in [-0.05, 0) is 30.3 Å². The number of methoxy groups -OCH3 is 1. The zero-order chi connectivity index (χ0) is 21.3. The molecular formula is C19H13F3N6O2. The number of rotatable bonds is 4. The van der Waals surface area contributed by atoms with Crippen LogP contribution in [0.5, 0.6) is 0 Å². The molecule has 4 heterocycles. The number of fused-ring (bicyclic) bond motifs is 1. The van der Waals surface area contributed by atoms with Gasteiger partial charge in [0.15, 0.2) is 5.82 Å². The van der Waals surface area contributed by atoms with Crippen LogP contribution in [0.1, 0.15) is 16.1 Å². The van der Waals surface area contributed by atoms with E-state index < -0.39 is 17.8 Å². The lowest BCUT2D eigenvalue weighted by molar-refractivity contribution is -0.141. The van der Waals surface area contributed by atoms with Crippen LogP contribution in [0.4, 0.5) is 24.7 Å². The average Bonchev–Trinajstić information content (AvgIpc) is 3.22. The van der Waals surface area contributed by atoms with Gasteiger partial charge in [-0.1, -0.05) is 6.07 Å². The number of hydrogen-bond donors (Lipinski definition) is 1. The molecule has 0 aliphatic heterocycles. The van der Waals surface area contributed by atoms with Crippen LogP contribution >= 0.6 is 0 Å². The van der Waals surface area contributed by atoms with Crippen molar-refractivity contribution in [1.29, 1.82) is 0 Å². The lowest BCUT2D eigenvalue weighted by Gasteiger charge is -2.12. The molecule has 0 saturated carbocycles. The summed E-state index contributed by atoms with van der Waals surface area (Å²) in [7, 11) is 1.24. The minimum absolute atomic E-state index is 0.0269. The minimum atomic E-state index is -4.60. The molecule has 4 rings (SSSR count). The number of carbonyl (C=O) groups is 1. The first-order valence-electron chi connectivity index (χ1n) is 8.56. The molecule has 0 spiro atoms. The van der Waals surface area contributed by atoms with Crippen molar-refractivity contribution in [3.05, 3.63) is 66.2 Å². The Morgan fingerprint density at radius 1 is 1.13 bits per heavy atom. The summed E-state index contributed by atoms with van der Waals surface area (Å²) < 4.78 is 45.3. The number of pyridine rings is 2. The Morgan fingerprint density at radius 3 is 2.73 bits per heavy atom. The number of hydrogen-bond acceptors (Lipinski definition) is 7. The van der Waals surface area contributed by atoms with Crippen LogP contribution in [-0.4, -0.2) is 37.6 Å². The fraction of sp³-hybridized carbons (Fsp3) is 0.105. The Kier molecular flexibility index (Phi) is 4.78. The summed E-state index contributed by atoms with van der Waals surface area (Å²) in [5.41, 5.74) is -0.0266. The van der Waals surface area contributed by atoms with Crippen molar-refractivity contribution in [1.82, 2.24) is 24.6 Å². The van der Waals surface area contributed by atoms with Crippen LogP contribution in [0.15, 0.2) is 55.0 Å². The molecule has 8 nitrogen and oxygen atoms in total. The van der Waals surface area contributed by atoms with E-state index in [1.807, 2.05) is 0 Å². The first kappa shape index (κ1) is 19.3. The molecule has 1 N–H and O–H groups in total. The third-order valence-corrected chi connectivity index (χ3v) is 4.14. The second-order valence-electron chi connectivity index (χ2n) is 6.07. The summed E-state index contributed by atoms with van der Waals surface area (Å²) in [4.78, 5) is 23.9. The highest BCUT2D eigenvalue weighted by atomic mass is 19.4. The van der Waals surface area contributed by atoms with E-state index in [-0.39, 0.29) is 22.9 Å². The number of alkyl halides is 3. The molecule has 0 fully saturated rings. The van der Waals surface area contributed by atoms with E-state index in [1.54, 1.807) is 24.4 Å². The number of aromatic nitrogens is 5. The molecule has 152 valence electrons. The van der Waals surface area contributed by atoms with Gasteiger partial charge in [0.25, 0.3) is 0 Å². The number of nitrogens with one attached hydrogen (secondary N) is 1. The quantitative estimate of drug-likeness (QED) is 0.509. The molecule has 0 aliphatic carbocycles. The highest BCUT2D eigenvalue weighted by Crippen LogP contribution is 2.30. The smallest absolute Gasteiger partial charge is 0.433 e. The van der Waals surface area contributed by atoms with Gasteiger partial charge in [0.1, 0.15) is 22.5 Å². The Labute approximate surface area is 167 Å². The molecule has 0 bridgehead atoms. The van der Waals surface area contributed by atoms with Gasteiger partial charge in [-0.2, -0.15) is 13.2 Å². The van der Waals surface area contributed by atoms with E-state index in [1.165, 1.54) is 36.2 Å². The lowest BCUT2D eigenvalue weighted by Crippen LogP contribution is -2.10. The highest BCUT2D eigenvalue weighted by Gasteiger charge is 2.32. The third kappa shape index (κ3) is 3.64. The predicted molar refractivity (Wildman–Crippen MR) is 100 cm³/mol. The molecule has 4 aromatic rings. The first-order chi connectivity index (χ1) is 14.4. The van der Waals surface area contributed by atoms with Gasteiger partial charge in [0.2, 0.25) is 5.82 Å². The van der Waals surface area contributed by atoms with Gasteiger partial charge >= 0.3 is 12.1 Å². The summed E-state index contributed by atoms with van der Waals surface area (Å²) in [5.74, 6) is -0.368. The second-order valence-corrected chi connectivity index (χ2v) is 6.07. The Bertz CT molecular complexity index is 1240. The van der Waals surface area contributed by atoms with Crippen molar-refractivity contribution in [3.63, 3.8) is 0 Å². The zero-order valence-electron chi connectivity index (χ0n) is 15.4. The van der Waals surface area contributed by atoms with Crippen molar-refractivity contribution in [3.8, 4) is 11.5 Å². The van der Waals surface area contributed by atoms with Gasteiger partial charge in [0, 0.05) is 18.6 Å². The molecule has 0 aliphatic rings. The SMILES string of the molecule is COC(=O)c1cnccc1Nc1nc(-c2cccc(C(F)(F)F)n2)nn2cccc12. The van der Waals surface area contributed by atoms with Crippen LogP contribution in [0.25, 0.3) is 17.0 Å². The molecule has 0 amide bonds. The first-order valence-corrected chi connectivity index (χ1v) is 8.56. The maximum absolute atomic E-state index is 13.0. The molecule has 11 heteroatoms. The predicted octanol–water partition coefficient (Wildman–Crippen LogP) is 3.74. The van der Waals surface area contributed by atoms with Crippen LogP contribution in [0.3, 0.4) is 0 Å². The highest BCUT2D eigenvalue weighted by molar-refractivity contribution is 5.96. The standard InChI is InChI=1S/C19H13F3N6O2/c1-30-18(29)11-10-23-8-7-12(11)25-17-14-5-3-9-28(14)27-16(26-17)13-4-2-6-15(24-13)19(20,21)22/h2-10H,1H3,(H,23,25,26,27). The molecular weight excluding hydrogens is 401 g/mol. The van der Waals surface area contributed by atoms with Gasteiger partial charge in [-0.15, -0.1) is 5.10 Å². The van der Waals surface area contributed by atoms with E-state index in [4.69, 9.17) is 4.74 Å². The van der Waals surface area contributed by atoms with E-state index in [0.717, 1.165) is 6.07 Å². The van der Waals surface area contributed by atoms with Crippen molar-refractivity contribution in [2.75, 3.05) is 12.4 Å². The van der Waals surface area contributed by atoms with Gasteiger partial charge in [-0.3, -0.25) is 4.98 Å². The molecule has 0 atom stereocenters. The van der Waals surface area contributed by atoms with E-state index >= 15 is 0 Å². The van der Waals surface area contributed by atoms with E-state index in [2.05, 4.69) is 25.4 Å². The van der Waals surface area contributed by atoms with Gasteiger partial charge in [0.05, 0.1) is 12.8 Å². The second kappa shape index (κ2) is 7.43. The molecule has 30 heavy (non-hydrogen) atoms. The number of carbonyl (C=O) groups excluding carboxylic acids is 1. The van der Waals surface area contributed by atoms with Crippen molar-refractivity contribution in [2.24, 2.45) is 0 Å². The fourth-order valence-corrected chi connectivity index (χ4v) is 2.76.